The maximum Gasteiger partial charge on any atom is 0.234 e. The first-order valence-electron chi connectivity index (χ1n) is 3.06. The molecular weight excluding hydrogens is 180 g/mol. The lowest BCUT2D eigenvalue weighted by Gasteiger charge is -1.95. The lowest BCUT2D eigenvalue weighted by Crippen LogP contribution is -2.11. The molecule has 0 aliphatic rings. The van der Waals surface area contributed by atoms with Gasteiger partial charge in [-0.25, -0.2) is 0 Å². The number of aryl methyl sites for hydroxylation is 1. The molecule has 11 heavy (non-hydrogen) atoms. The normalized spacial score (nSPS) is 9.64. The van der Waals surface area contributed by atoms with E-state index < -0.39 is 0 Å². The molecule has 0 saturated carbocycles. The monoisotopic (exact) mass is 188 g/mol. The molecule has 1 aromatic rings. The van der Waals surface area contributed by atoms with Crippen LogP contribution in [0.5, 0.6) is 0 Å². The molecule has 0 spiro atoms. The molecule has 3 nitrogen and oxygen atoms in total. The van der Waals surface area contributed by atoms with E-state index in [-0.39, 0.29) is 11.7 Å². The number of nitrogens with zero attached hydrogens (tertiary/aromatic N) is 1. The third-order valence-electron chi connectivity index (χ3n) is 1.03. The number of nitrogens with one attached hydrogen (secondary N) is 1. The molecule has 0 aliphatic carbocycles. The van der Waals surface area contributed by atoms with Crippen molar-refractivity contribution in [1.82, 2.24) is 4.37 Å². The Kier molecular flexibility index (Phi) is 2.90. The molecule has 0 radical (unpaired) electrons. The summed E-state index contributed by atoms with van der Waals surface area (Å²) in [4.78, 5) is 10.8. The SMILES string of the molecule is Cc1cc(NC(=O)CS)sn1. The predicted octanol–water partition coefficient (Wildman–Crippen LogP) is 1.32. The van der Waals surface area contributed by atoms with Gasteiger partial charge in [-0.1, -0.05) is 0 Å². The molecule has 60 valence electrons. The van der Waals surface area contributed by atoms with E-state index >= 15 is 0 Å². The second-order valence-corrected chi connectivity index (χ2v) is 3.16. The Labute approximate surface area is 74.4 Å². The molecule has 0 unspecified atom stereocenters. The molecule has 0 bridgehead atoms. The summed E-state index contributed by atoms with van der Waals surface area (Å²) in [7, 11) is 0. The van der Waals surface area contributed by atoms with E-state index in [1.165, 1.54) is 11.5 Å². The largest absolute Gasteiger partial charge is 0.316 e. The summed E-state index contributed by atoms with van der Waals surface area (Å²) in [5.41, 5.74) is 0.921. The zero-order valence-electron chi connectivity index (χ0n) is 6.00. The van der Waals surface area contributed by atoms with Gasteiger partial charge in [0.15, 0.2) is 0 Å². The van der Waals surface area contributed by atoms with Crippen molar-refractivity contribution in [2.75, 3.05) is 11.1 Å². The minimum absolute atomic E-state index is 0.100. The van der Waals surface area contributed by atoms with Gasteiger partial charge in [-0.05, 0) is 24.5 Å². The molecule has 1 N–H and O–H groups in total. The lowest BCUT2D eigenvalue weighted by molar-refractivity contribution is -0.113. The van der Waals surface area contributed by atoms with Gasteiger partial charge in [0.05, 0.1) is 11.4 Å². The van der Waals surface area contributed by atoms with Crippen molar-refractivity contribution in [1.29, 1.82) is 0 Å². The average Bonchev–Trinajstić information content (AvgIpc) is 2.35. The molecule has 0 saturated heterocycles. The van der Waals surface area contributed by atoms with Crippen LogP contribution in [0.2, 0.25) is 0 Å². The van der Waals surface area contributed by atoms with Gasteiger partial charge in [0.1, 0.15) is 5.00 Å². The Morgan fingerprint density at radius 3 is 3.09 bits per heavy atom. The fourth-order valence-corrected chi connectivity index (χ4v) is 1.36. The van der Waals surface area contributed by atoms with Crippen molar-refractivity contribution in [3.05, 3.63) is 11.8 Å². The van der Waals surface area contributed by atoms with Gasteiger partial charge >= 0.3 is 0 Å². The molecule has 1 heterocycles. The third-order valence-corrected chi connectivity index (χ3v) is 2.12. The van der Waals surface area contributed by atoms with Crippen molar-refractivity contribution in [3.8, 4) is 0 Å². The summed E-state index contributed by atoms with van der Waals surface area (Å²) in [5.74, 6) is 0.105. The van der Waals surface area contributed by atoms with E-state index in [4.69, 9.17) is 0 Å². The zero-order chi connectivity index (χ0) is 8.27. The zero-order valence-corrected chi connectivity index (χ0v) is 7.71. The molecule has 1 amide bonds. The van der Waals surface area contributed by atoms with E-state index in [2.05, 4.69) is 22.3 Å². The Morgan fingerprint density at radius 2 is 2.64 bits per heavy atom. The Bertz CT molecular complexity index is 259. The molecule has 5 heteroatoms. The van der Waals surface area contributed by atoms with Crippen LogP contribution in [0.3, 0.4) is 0 Å². The topological polar surface area (TPSA) is 42.0 Å². The third kappa shape index (κ3) is 2.51. The van der Waals surface area contributed by atoms with Gasteiger partial charge in [-0.3, -0.25) is 4.79 Å². The predicted molar refractivity (Wildman–Crippen MR) is 49.3 cm³/mol. The number of rotatable bonds is 2. The number of aromatic nitrogens is 1. The van der Waals surface area contributed by atoms with Gasteiger partial charge in [0.2, 0.25) is 5.91 Å². The number of hydrogen-bond donors (Lipinski definition) is 2. The second kappa shape index (κ2) is 3.73. The molecule has 0 atom stereocenters. The van der Waals surface area contributed by atoms with Crippen LogP contribution in [0.15, 0.2) is 6.07 Å². The number of hydrogen-bond acceptors (Lipinski definition) is 4. The van der Waals surface area contributed by atoms with Crippen molar-refractivity contribution < 1.29 is 4.79 Å². The second-order valence-electron chi connectivity index (χ2n) is 2.04. The van der Waals surface area contributed by atoms with Crippen LogP contribution in [-0.2, 0) is 4.79 Å². The van der Waals surface area contributed by atoms with Crippen LogP contribution >= 0.6 is 24.2 Å². The van der Waals surface area contributed by atoms with Crippen molar-refractivity contribution in [2.24, 2.45) is 0 Å². The summed E-state index contributed by atoms with van der Waals surface area (Å²) >= 11 is 5.10. The molecule has 0 fully saturated rings. The Morgan fingerprint density at radius 1 is 1.91 bits per heavy atom. The highest BCUT2D eigenvalue weighted by molar-refractivity contribution is 7.81. The average molecular weight is 188 g/mol. The number of anilines is 1. The first kappa shape index (κ1) is 8.55. The van der Waals surface area contributed by atoms with Crippen LogP contribution in [0.1, 0.15) is 5.69 Å². The smallest absolute Gasteiger partial charge is 0.234 e. The first-order valence-corrected chi connectivity index (χ1v) is 4.47. The van der Waals surface area contributed by atoms with Gasteiger partial charge in [0, 0.05) is 0 Å². The van der Waals surface area contributed by atoms with Gasteiger partial charge in [0.25, 0.3) is 0 Å². The van der Waals surface area contributed by atoms with E-state index in [0.717, 1.165) is 10.7 Å². The molecule has 1 rings (SSSR count). The summed E-state index contributed by atoms with van der Waals surface area (Å²) in [6, 6.07) is 1.83. The minimum Gasteiger partial charge on any atom is -0.316 e. The van der Waals surface area contributed by atoms with Crippen molar-refractivity contribution in [3.63, 3.8) is 0 Å². The minimum atomic E-state index is -0.100. The molecular formula is C6H8N2OS2. The van der Waals surface area contributed by atoms with E-state index in [1.807, 2.05) is 13.0 Å². The number of carbonyl (C=O) groups is 1. The van der Waals surface area contributed by atoms with Crippen LogP contribution in [-0.4, -0.2) is 16.0 Å². The van der Waals surface area contributed by atoms with Crippen LogP contribution in [0.25, 0.3) is 0 Å². The van der Waals surface area contributed by atoms with E-state index in [0.29, 0.717) is 0 Å². The van der Waals surface area contributed by atoms with Crippen LogP contribution in [0.4, 0.5) is 5.00 Å². The Balaban J connectivity index is 2.57. The van der Waals surface area contributed by atoms with Crippen molar-refractivity contribution >= 4 is 35.1 Å². The molecule has 0 aliphatic heterocycles. The van der Waals surface area contributed by atoms with E-state index in [9.17, 15) is 4.79 Å². The lowest BCUT2D eigenvalue weighted by atomic mass is 10.5. The standard InChI is InChI=1S/C6H8N2OS2/c1-4-2-6(11-8-4)7-5(9)3-10/h2,10H,3H2,1H3,(H,7,9). The van der Waals surface area contributed by atoms with Crippen LogP contribution < -0.4 is 5.32 Å². The van der Waals surface area contributed by atoms with Crippen LogP contribution in [0, 0.1) is 6.92 Å². The van der Waals surface area contributed by atoms with Crippen molar-refractivity contribution in [2.45, 2.75) is 6.92 Å². The highest BCUT2D eigenvalue weighted by Crippen LogP contribution is 2.14. The summed E-state index contributed by atoms with van der Waals surface area (Å²) in [6.07, 6.45) is 0. The number of carbonyl (C=O) groups excluding carboxylic acids is 1. The maximum atomic E-state index is 10.8. The highest BCUT2D eigenvalue weighted by Gasteiger charge is 2.01. The first-order chi connectivity index (χ1) is 5.22. The molecule has 0 aromatic carbocycles. The molecule has 1 aromatic heterocycles. The number of thiol groups is 1. The Hall–Kier alpha value is -0.550. The maximum absolute atomic E-state index is 10.8. The highest BCUT2D eigenvalue weighted by atomic mass is 32.1. The van der Waals surface area contributed by atoms with Gasteiger partial charge in [-0.2, -0.15) is 17.0 Å². The van der Waals surface area contributed by atoms with E-state index in [1.54, 1.807) is 0 Å². The fourth-order valence-electron chi connectivity index (χ4n) is 0.599. The summed E-state index contributed by atoms with van der Waals surface area (Å²) in [5, 5.41) is 3.43. The summed E-state index contributed by atoms with van der Waals surface area (Å²) in [6.45, 7) is 1.88. The quantitative estimate of drug-likeness (QED) is 0.687. The number of amides is 1. The summed E-state index contributed by atoms with van der Waals surface area (Å²) < 4.78 is 4.01. The van der Waals surface area contributed by atoms with Gasteiger partial charge in [-0.15, -0.1) is 0 Å². The van der Waals surface area contributed by atoms with Gasteiger partial charge < -0.3 is 5.32 Å². The fraction of sp³-hybridized carbons (Fsp3) is 0.333.